The summed E-state index contributed by atoms with van der Waals surface area (Å²) in [5.41, 5.74) is 1.52. The number of hydrogen-bond donors (Lipinski definition) is 1. The summed E-state index contributed by atoms with van der Waals surface area (Å²) in [6.07, 6.45) is 3.79. The molecule has 0 radical (unpaired) electrons. The number of amides is 1. The first kappa shape index (κ1) is 20.3. The second-order valence-electron chi connectivity index (χ2n) is 8.19. The van der Waals surface area contributed by atoms with Gasteiger partial charge in [-0.15, -0.1) is 11.3 Å². The Balaban J connectivity index is 1.27. The SMILES string of the molecule is O=C(NC1CC1)C(c1ccc(F)cc1)N1CCN(Cc2cc(=O)n3ccsc3n2)CC1. The molecule has 2 aromatic heterocycles. The first-order valence-corrected chi connectivity index (χ1v) is 11.4. The van der Waals surface area contributed by atoms with Gasteiger partial charge in [-0.3, -0.25) is 23.8 Å². The van der Waals surface area contributed by atoms with E-state index < -0.39 is 6.04 Å². The molecule has 162 valence electrons. The van der Waals surface area contributed by atoms with Crippen molar-refractivity contribution in [3.63, 3.8) is 0 Å². The molecule has 2 fully saturated rings. The predicted molar refractivity (Wildman–Crippen MR) is 116 cm³/mol. The number of rotatable bonds is 6. The van der Waals surface area contributed by atoms with E-state index in [1.54, 1.807) is 28.8 Å². The summed E-state index contributed by atoms with van der Waals surface area (Å²) < 4.78 is 15.0. The molecule has 0 bridgehead atoms. The molecule has 2 aliphatic rings. The smallest absolute Gasteiger partial charge is 0.258 e. The summed E-state index contributed by atoms with van der Waals surface area (Å²) in [6, 6.07) is 7.67. The van der Waals surface area contributed by atoms with Crippen LogP contribution in [0.25, 0.3) is 4.96 Å². The van der Waals surface area contributed by atoms with Crippen molar-refractivity contribution in [2.24, 2.45) is 0 Å². The van der Waals surface area contributed by atoms with Crippen molar-refractivity contribution in [1.82, 2.24) is 24.5 Å². The quantitative estimate of drug-likeness (QED) is 0.634. The van der Waals surface area contributed by atoms with Gasteiger partial charge in [-0.05, 0) is 30.5 Å². The molecule has 1 aromatic carbocycles. The fourth-order valence-electron chi connectivity index (χ4n) is 4.06. The van der Waals surface area contributed by atoms with Gasteiger partial charge in [-0.25, -0.2) is 9.37 Å². The molecule has 5 rings (SSSR count). The highest BCUT2D eigenvalue weighted by atomic mass is 32.1. The van der Waals surface area contributed by atoms with E-state index in [1.807, 2.05) is 5.38 Å². The Labute approximate surface area is 183 Å². The number of aromatic nitrogens is 2. The molecule has 3 heterocycles. The average Bonchev–Trinajstić information content (AvgIpc) is 3.43. The first-order chi connectivity index (χ1) is 15.1. The zero-order valence-electron chi connectivity index (χ0n) is 17.0. The Hall–Kier alpha value is -2.62. The zero-order chi connectivity index (χ0) is 21.4. The molecule has 1 N–H and O–H groups in total. The lowest BCUT2D eigenvalue weighted by molar-refractivity contribution is -0.127. The third-order valence-corrected chi connectivity index (χ3v) is 6.63. The number of nitrogens with one attached hydrogen (secondary N) is 1. The van der Waals surface area contributed by atoms with E-state index in [4.69, 9.17) is 0 Å². The molecular formula is C22H24FN5O2S. The van der Waals surface area contributed by atoms with Crippen molar-refractivity contribution >= 4 is 22.2 Å². The number of carbonyl (C=O) groups excluding carboxylic acids is 1. The third-order valence-electron chi connectivity index (χ3n) is 5.87. The van der Waals surface area contributed by atoms with E-state index in [-0.39, 0.29) is 23.3 Å². The van der Waals surface area contributed by atoms with Crippen LogP contribution >= 0.6 is 11.3 Å². The predicted octanol–water partition coefficient (Wildman–Crippen LogP) is 2.03. The van der Waals surface area contributed by atoms with E-state index in [9.17, 15) is 14.0 Å². The van der Waals surface area contributed by atoms with Gasteiger partial charge in [0.25, 0.3) is 5.56 Å². The second kappa shape index (κ2) is 8.49. The van der Waals surface area contributed by atoms with Crippen molar-refractivity contribution in [1.29, 1.82) is 0 Å². The zero-order valence-corrected chi connectivity index (χ0v) is 17.9. The molecular weight excluding hydrogens is 417 g/mol. The molecule has 1 atom stereocenters. The minimum Gasteiger partial charge on any atom is -0.352 e. The fraction of sp³-hybridized carbons (Fsp3) is 0.409. The second-order valence-corrected chi connectivity index (χ2v) is 9.06. The molecule has 1 amide bonds. The van der Waals surface area contributed by atoms with Crippen molar-refractivity contribution in [2.75, 3.05) is 26.2 Å². The number of hydrogen-bond acceptors (Lipinski definition) is 6. The molecule has 1 unspecified atom stereocenters. The van der Waals surface area contributed by atoms with Crippen molar-refractivity contribution in [3.05, 3.63) is 69.3 Å². The third kappa shape index (κ3) is 4.53. The average molecular weight is 442 g/mol. The van der Waals surface area contributed by atoms with Gasteiger partial charge in [-0.2, -0.15) is 0 Å². The number of nitrogens with zero attached hydrogens (tertiary/aromatic N) is 4. The molecule has 31 heavy (non-hydrogen) atoms. The van der Waals surface area contributed by atoms with Crippen LogP contribution in [0.15, 0.2) is 46.7 Å². The maximum atomic E-state index is 13.4. The summed E-state index contributed by atoms with van der Waals surface area (Å²) in [7, 11) is 0. The monoisotopic (exact) mass is 441 g/mol. The number of thiazole rings is 1. The molecule has 1 saturated carbocycles. The summed E-state index contributed by atoms with van der Waals surface area (Å²) in [5.74, 6) is -0.318. The Morgan fingerprint density at radius 1 is 1.19 bits per heavy atom. The largest absolute Gasteiger partial charge is 0.352 e. The van der Waals surface area contributed by atoms with E-state index in [0.717, 1.165) is 37.2 Å². The Bertz CT molecular complexity index is 1130. The molecule has 9 heteroatoms. The van der Waals surface area contributed by atoms with Gasteiger partial charge in [0, 0.05) is 56.4 Å². The van der Waals surface area contributed by atoms with Crippen LogP contribution in [-0.2, 0) is 11.3 Å². The number of halogens is 1. The maximum Gasteiger partial charge on any atom is 0.258 e. The van der Waals surface area contributed by atoms with Gasteiger partial charge >= 0.3 is 0 Å². The fourth-order valence-corrected chi connectivity index (χ4v) is 4.80. The Kier molecular flexibility index (Phi) is 5.56. The first-order valence-electron chi connectivity index (χ1n) is 10.5. The van der Waals surface area contributed by atoms with Crippen molar-refractivity contribution in [3.8, 4) is 0 Å². The van der Waals surface area contributed by atoms with Gasteiger partial charge in [-0.1, -0.05) is 12.1 Å². The Morgan fingerprint density at radius 3 is 2.65 bits per heavy atom. The van der Waals surface area contributed by atoms with Crippen LogP contribution < -0.4 is 10.9 Å². The minimum atomic E-state index is -0.423. The van der Waals surface area contributed by atoms with Gasteiger partial charge in [0.1, 0.15) is 11.9 Å². The van der Waals surface area contributed by atoms with Gasteiger partial charge in [0.15, 0.2) is 4.96 Å². The summed E-state index contributed by atoms with van der Waals surface area (Å²) in [5, 5.41) is 4.96. The van der Waals surface area contributed by atoms with E-state index in [1.165, 1.54) is 23.5 Å². The topological polar surface area (TPSA) is 70.0 Å². The molecule has 3 aromatic rings. The van der Waals surface area contributed by atoms with E-state index >= 15 is 0 Å². The highest BCUT2D eigenvalue weighted by molar-refractivity contribution is 7.15. The van der Waals surface area contributed by atoms with Crippen molar-refractivity contribution in [2.45, 2.75) is 31.5 Å². The number of piperazine rings is 1. The van der Waals surface area contributed by atoms with Crippen molar-refractivity contribution < 1.29 is 9.18 Å². The van der Waals surface area contributed by atoms with Crippen LogP contribution in [0.1, 0.15) is 30.1 Å². The molecule has 1 saturated heterocycles. The molecule has 1 aliphatic carbocycles. The summed E-state index contributed by atoms with van der Waals surface area (Å²) in [4.78, 5) is 34.9. The number of fused-ring (bicyclic) bond motifs is 1. The lowest BCUT2D eigenvalue weighted by Gasteiger charge is -2.38. The van der Waals surface area contributed by atoms with Gasteiger partial charge in [0.2, 0.25) is 5.91 Å². The number of benzene rings is 1. The lowest BCUT2D eigenvalue weighted by atomic mass is 10.0. The summed E-state index contributed by atoms with van der Waals surface area (Å²) in [6.45, 7) is 3.55. The number of carbonyl (C=O) groups is 1. The normalized spacial score (nSPS) is 18.9. The standard InChI is InChI=1S/C22H24FN5O2S/c23-16-3-1-15(2-4-16)20(21(30)24-17-5-6-17)27-9-7-26(8-10-27)14-18-13-19(29)28-11-12-31-22(28)25-18/h1-4,11-13,17,20H,5-10,14H2,(H,24,30). The highest BCUT2D eigenvalue weighted by Crippen LogP contribution is 2.26. The molecule has 7 nitrogen and oxygen atoms in total. The van der Waals surface area contributed by atoms with Crippen LogP contribution in [0.2, 0.25) is 0 Å². The highest BCUT2D eigenvalue weighted by Gasteiger charge is 2.33. The van der Waals surface area contributed by atoms with E-state index in [2.05, 4.69) is 20.1 Å². The Morgan fingerprint density at radius 2 is 1.94 bits per heavy atom. The van der Waals surface area contributed by atoms with Crippen LogP contribution in [0.5, 0.6) is 0 Å². The van der Waals surface area contributed by atoms with Crippen LogP contribution in [-0.4, -0.2) is 57.3 Å². The summed E-state index contributed by atoms with van der Waals surface area (Å²) >= 11 is 1.45. The van der Waals surface area contributed by atoms with Crippen LogP contribution in [0.4, 0.5) is 4.39 Å². The van der Waals surface area contributed by atoms with Crippen LogP contribution in [0, 0.1) is 5.82 Å². The maximum absolute atomic E-state index is 13.4. The lowest BCUT2D eigenvalue weighted by Crippen LogP contribution is -2.51. The van der Waals surface area contributed by atoms with E-state index in [0.29, 0.717) is 24.6 Å². The van der Waals surface area contributed by atoms with Gasteiger partial charge in [0.05, 0.1) is 5.69 Å². The van der Waals surface area contributed by atoms with Gasteiger partial charge < -0.3 is 5.32 Å². The van der Waals surface area contributed by atoms with Crippen LogP contribution in [0.3, 0.4) is 0 Å². The minimum absolute atomic E-state index is 0.0135. The molecule has 0 spiro atoms. The molecule has 1 aliphatic heterocycles.